The lowest BCUT2D eigenvalue weighted by atomic mass is 10.1. The molecule has 14 heavy (non-hydrogen) atoms. The van der Waals surface area contributed by atoms with E-state index in [4.69, 9.17) is 17.3 Å². The van der Waals surface area contributed by atoms with Crippen LogP contribution in [0.2, 0.25) is 5.15 Å². The largest absolute Gasteiger partial charge is 0.328 e. The Morgan fingerprint density at radius 3 is 3.14 bits per heavy atom. The van der Waals surface area contributed by atoms with Gasteiger partial charge in [-0.25, -0.2) is 4.98 Å². The second-order valence-corrected chi connectivity index (χ2v) is 3.90. The Balaban J connectivity index is 2.44. The number of hydrogen-bond donors (Lipinski definition) is 1. The van der Waals surface area contributed by atoms with Crippen molar-refractivity contribution in [1.82, 2.24) is 9.38 Å². The summed E-state index contributed by atoms with van der Waals surface area (Å²) in [6.07, 6.45) is 4.51. The fourth-order valence-corrected chi connectivity index (χ4v) is 1.69. The summed E-state index contributed by atoms with van der Waals surface area (Å²) in [5.41, 5.74) is 7.85. The minimum Gasteiger partial charge on any atom is -0.328 e. The zero-order chi connectivity index (χ0) is 10.1. The molecule has 0 saturated carbocycles. The minimum atomic E-state index is 0.166. The van der Waals surface area contributed by atoms with Gasteiger partial charge in [-0.05, 0) is 31.0 Å². The van der Waals surface area contributed by atoms with Gasteiger partial charge in [0.1, 0.15) is 6.33 Å². The van der Waals surface area contributed by atoms with E-state index in [0.717, 1.165) is 11.9 Å². The summed E-state index contributed by atoms with van der Waals surface area (Å²) in [4.78, 5) is 4.01. The van der Waals surface area contributed by atoms with Gasteiger partial charge in [0.2, 0.25) is 0 Å². The number of rotatable bonds is 2. The molecule has 0 aliphatic heterocycles. The first-order valence-electron chi connectivity index (χ1n) is 4.53. The standard InChI is InChI=1S/C10H12ClN3/c1-7(12)4-8-2-3-14-6-13-10(11)9(14)5-8/h2-3,5-7H,4,12H2,1H3. The Bertz CT molecular complexity index is 448. The molecule has 0 radical (unpaired) electrons. The number of aromatic nitrogens is 2. The molecule has 1 atom stereocenters. The maximum absolute atomic E-state index is 5.92. The molecule has 2 aromatic heterocycles. The summed E-state index contributed by atoms with van der Waals surface area (Å²) >= 11 is 5.92. The number of nitrogens with two attached hydrogens (primary N) is 1. The maximum atomic E-state index is 5.92. The fraction of sp³-hybridized carbons (Fsp3) is 0.300. The highest BCUT2D eigenvalue weighted by Crippen LogP contribution is 2.16. The quantitative estimate of drug-likeness (QED) is 0.821. The average molecular weight is 210 g/mol. The van der Waals surface area contributed by atoms with Crippen LogP contribution in [0.4, 0.5) is 0 Å². The molecule has 0 aliphatic carbocycles. The Morgan fingerprint density at radius 1 is 1.64 bits per heavy atom. The van der Waals surface area contributed by atoms with Crippen LogP contribution in [0.25, 0.3) is 5.52 Å². The Labute approximate surface area is 87.5 Å². The molecule has 0 amide bonds. The van der Waals surface area contributed by atoms with Crippen molar-refractivity contribution in [2.75, 3.05) is 0 Å². The van der Waals surface area contributed by atoms with Crippen molar-refractivity contribution in [2.24, 2.45) is 5.73 Å². The van der Waals surface area contributed by atoms with Crippen LogP contribution >= 0.6 is 11.6 Å². The summed E-state index contributed by atoms with van der Waals surface area (Å²) in [5, 5.41) is 0.538. The number of fused-ring (bicyclic) bond motifs is 1. The predicted molar refractivity (Wildman–Crippen MR) is 57.6 cm³/mol. The van der Waals surface area contributed by atoms with Gasteiger partial charge in [-0.1, -0.05) is 11.6 Å². The van der Waals surface area contributed by atoms with E-state index in [1.165, 1.54) is 5.56 Å². The molecular weight excluding hydrogens is 198 g/mol. The number of pyridine rings is 1. The average Bonchev–Trinajstić information content (AvgIpc) is 2.47. The molecule has 0 fully saturated rings. The van der Waals surface area contributed by atoms with Crippen LogP contribution in [-0.4, -0.2) is 15.4 Å². The van der Waals surface area contributed by atoms with Crippen molar-refractivity contribution in [1.29, 1.82) is 0 Å². The fourth-order valence-electron chi connectivity index (χ4n) is 1.50. The number of halogens is 1. The molecule has 0 aromatic carbocycles. The van der Waals surface area contributed by atoms with E-state index in [2.05, 4.69) is 4.98 Å². The van der Waals surface area contributed by atoms with E-state index in [9.17, 15) is 0 Å². The first-order valence-corrected chi connectivity index (χ1v) is 4.91. The van der Waals surface area contributed by atoms with Crippen molar-refractivity contribution in [3.05, 3.63) is 35.4 Å². The van der Waals surface area contributed by atoms with Crippen molar-refractivity contribution >= 4 is 17.1 Å². The highest BCUT2D eigenvalue weighted by atomic mass is 35.5. The van der Waals surface area contributed by atoms with E-state index in [1.807, 2.05) is 29.7 Å². The van der Waals surface area contributed by atoms with Gasteiger partial charge in [-0.3, -0.25) is 0 Å². The van der Waals surface area contributed by atoms with Gasteiger partial charge >= 0.3 is 0 Å². The zero-order valence-electron chi connectivity index (χ0n) is 7.94. The third-order valence-corrected chi connectivity index (χ3v) is 2.41. The summed E-state index contributed by atoms with van der Waals surface area (Å²) < 4.78 is 1.90. The van der Waals surface area contributed by atoms with Gasteiger partial charge in [0.25, 0.3) is 0 Å². The molecule has 0 aliphatic rings. The maximum Gasteiger partial charge on any atom is 0.154 e. The lowest BCUT2D eigenvalue weighted by molar-refractivity contribution is 0.737. The molecular formula is C10H12ClN3. The number of hydrogen-bond acceptors (Lipinski definition) is 2. The smallest absolute Gasteiger partial charge is 0.154 e. The molecule has 0 spiro atoms. The SMILES string of the molecule is CC(N)Cc1ccn2cnc(Cl)c2c1. The van der Waals surface area contributed by atoms with Crippen LogP contribution in [0, 0.1) is 0 Å². The van der Waals surface area contributed by atoms with Crippen LogP contribution in [0.3, 0.4) is 0 Å². The van der Waals surface area contributed by atoms with E-state index in [0.29, 0.717) is 5.15 Å². The summed E-state index contributed by atoms with van der Waals surface area (Å²) in [5.74, 6) is 0. The topological polar surface area (TPSA) is 43.3 Å². The highest BCUT2D eigenvalue weighted by Gasteiger charge is 2.03. The van der Waals surface area contributed by atoms with E-state index < -0.39 is 0 Å². The van der Waals surface area contributed by atoms with Crippen molar-refractivity contribution in [3.63, 3.8) is 0 Å². The first kappa shape index (κ1) is 9.49. The van der Waals surface area contributed by atoms with Gasteiger partial charge in [0.05, 0.1) is 5.52 Å². The summed E-state index contributed by atoms with van der Waals surface area (Å²) in [7, 11) is 0. The Morgan fingerprint density at radius 2 is 2.43 bits per heavy atom. The molecule has 0 saturated heterocycles. The van der Waals surface area contributed by atoms with Crippen molar-refractivity contribution < 1.29 is 0 Å². The molecule has 1 unspecified atom stereocenters. The molecule has 0 bridgehead atoms. The monoisotopic (exact) mass is 209 g/mol. The van der Waals surface area contributed by atoms with Crippen LogP contribution in [0.15, 0.2) is 24.7 Å². The van der Waals surface area contributed by atoms with Gasteiger partial charge in [-0.2, -0.15) is 0 Å². The molecule has 3 nitrogen and oxygen atoms in total. The number of imidazole rings is 1. The van der Waals surface area contributed by atoms with Gasteiger partial charge < -0.3 is 10.1 Å². The highest BCUT2D eigenvalue weighted by molar-refractivity contribution is 6.32. The van der Waals surface area contributed by atoms with Crippen LogP contribution < -0.4 is 5.73 Å². The van der Waals surface area contributed by atoms with Crippen molar-refractivity contribution in [3.8, 4) is 0 Å². The number of nitrogens with zero attached hydrogens (tertiary/aromatic N) is 2. The van der Waals surface area contributed by atoms with Crippen LogP contribution in [0.1, 0.15) is 12.5 Å². The normalized spacial score (nSPS) is 13.4. The summed E-state index contributed by atoms with van der Waals surface area (Å²) in [6.45, 7) is 1.99. The predicted octanol–water partition coefficient (Wildman–Crippen LogP) is 1.88. The molecule has 2 heterocycles. The van der Waals surface area contributed by atoms with E-state index in [1.54, 1.807) is 6.33 Å². The third-order valence-electron chi connectivity index (χ3n) is 2.11. The van der Waals surface area contributed by atoms with Gasteiger partial charge in [0.15, 0.2) is 5.15 Å². The van der Waals surface area contributed by atoms with Gasteiger partial charge in [0, 0.05) is 12.2 Å². The molecule has 2 N–H and O–H groups in total. The second kappa shape index (κ2) is 3.59. The molecule has 74 valence electrons. The van der Waals surface area contributed by atoms with E-state index in [-0.39, 0.29) is 6.04 Å². The zero-order valence-corrected chi connectivity index (χ0v) is 8.70. The van der Waals surface area contributed by atoms with Crippen molar-refractivity contribution in [2.45, 2.75) is 19.4 Å². The van der Waals surface area contributed by atoms with Crippen LogP contribution in [0.5, 0.6) is 0 Å². The lowest BCUT2D eigenvalue weighted by Crippen LogP contribution is -2.17. The third kappa shape index (κ3) is 1.74. The lowest BCUT2D eigenvalue weighted by Gasteiger charge is -2.05. The van der Waals surface area contributed by atoms with Crippen LogP contribution in [-0.2, 0) is 6.42 Å². The Hall–Kier alpha value is -1.06. The summed E-state index contributed by atoms with van der Waals surface area (Å²) in [6, 6.07) is 4.23. The first-order chi connectivity index (χ1) is 6.66. The van der Waals surface area contributed by atoms with E-state index >= 15 is 0 Å². The molecule has 2 aromatic rings. The molecule has 4 heteroatoms. The minimum absolute atomic E-state index is 0.166. The Kier molecular flexibility index (Phi) is 2.44. The second-order valence-electron chi connectivity index (χ2n) is 3.54. The molecule has 2 rings (SSSR count). The van der Waals surface area contributed by atoms with Gasteiger partial charge in [-0.15, -0.1) is 0 Å².